The lowest BCUT2D eigenvalue weighted by Gasteiger charge is -2.15. The van der Waals surface area contributed by atoms with Crippen LogP contribution in [-0.4, -0.2) is 40.6 Å². The fourth-order valence-electron chi connectivity index (χ4n) is 1.76. The summed E-state index contributed by atoms with van der Waals surface area (Å²) in [6.07, 6.45) is 0.723. The lowest BCUT2D eigenvalue weighted by Crippen LogP contribution is -2.27. The van der Waals surface area contributed by atoms with Crippen LogP contribution in [-0.2, 0) is 17.7 Å². The Bertz CT molecular complexity index is 326. The van der Waals surface area contributed by atoms with Gasteiger partial charge in [0.15, 0.2) is 0 Å². The number of nitrogens with zero attached hydrogens (tertiary/aromatic N) is 3. The highest BCUT2D eigenvalue weighted by molar-refractivity contribution is 5.25. The van der Waals surface area contributed by atoms with Gasteiger partial charge in [-0.25, -0.2) is 0 Å². The van der Waals surface area contributed by atoms with Crippen LogP contribution in [0.4, 0.5) is 5.95 Å². The highest BCUT2D eigenvalue weighted by Gasteiger charge is 2.15. The third-order valence-corrected chi connectivity index (χ3v) is 2.55. The lowest BCUT2D eigenvalue weighted by atomic mass is 10.2. The fourth-order valence-corrected chi connectivity index (χ4v) is 1.76. The topological polar surface area (TPSA) is 78.0 Å². The predicted molar refractivity (Wildman–Crippen MR) is 68.0 cm³/mol. The molecule has 0 saturated carbocycles. The largest absolute Gasteiger partial charge is 0.377 e. The molecule has 0 radical (unpaired) electrons. The van der Waals surface area contributed by atoms with E-state index in [1.54, 1.807) is 0 Å². The van der Waals surface area contributed by atoms with Crippen LogP contribution in [0.3, 0.4) is 0 Å². The van der Waals surface area contributed by atoms with Gasteiger partial charge in [0.2, 0.25) is 5.95 Å². The third kappa shape index (κ3) is 3.67. The quantitative estimate of drug-likeness (QED) is 0.698. The van der Waals surface area contributed by atoms with Gasteiger partial charge in [0, 0.05) is 32.7 Å². The first-order chi connectivity index (χ1) is 8.26. The van der Waals surface area contributed by atoms with Crippen LogP contribution < -0.4 is 11.1 Å². The molecule has 1 atom stereocenters. The molecule has 0 spiro atoms. The van der Waals surface area contributed by atoms with Gasteiger partial charge in [-0.05, 0) is 20.8 Å². The Kier molecular flexibility index (Phi) is 5.93. The predicted octanol–water partition coefficient (Wildman–Crippen LogP) is 0.636. The SMILES string of the molecule is CCNc1nnc(CC(CN)OCC)n1CC. The first-order valence-corrected chi connectivity index (χ1v) is 6.24. The van der Waals surface area contributed by atoms with Gasteiger partial charge in [0.25, 0.3) is 0 Å². The number of rotatable bonds is 8. The second-order valence-corrected chi connectivity index (χ2v) is 3.73. The van der Waals surface area contributed by atoms with E-state index in [1.165, 1.54) is 0 Å². The van der Waals surface area contributed by atoms with Crippen LogP contribution in [0.5, 0.6) is 0 Å². The van der Waals surface area contributed by atoms with Crippen LogP contribution in [0.15, 0.2) is 0 Å². The molecule has 1 aromatic rings. The van der Waals surface area contributed by atoms with Crippen LogP contribution in [0.2, 0.25) is 0 Å². The summed E-state index contributed by atoms with van der Waals surface area (Å²) in [5.74, 6) is 1.74. The molecule has 1 aromatic heterocycles. The normalized spacial score (nSPS) is 12.7. The van der Waals surface area contributed by atoms with E-state index in [9.17, 15) is 0 Å². The molecule has 0 aliphatic rings. The van der Waals surface area contributed by atoms with Gasteiger partial charge in [0.05, 0.1) is 6.10 Å². The van der Waals surface area contributed by atoms with Crippen molar-refractivity contribution in [1.82, 2.24) is 14.8 Å². The number of hydrogen-bond acceptors (Lipinski definition) is 5. The summed E-state index contributed by atoms with van der Waals surface area (Å²) < 4.78 is 7.60. The Balaban J connectivity index is 2.75. The maximum absolute atomic E-state index is 5.67. The van der Waals surface area contributed by atoms with Crippen molar-refractivity contribution in [3.8, 4) is 0 Å². The lowest BCUT2D eigenvalue weighted by molar-refractivity contribution is 0.0674. The molecule has 1 unspecified atom stereocenters. The molecular formula is C11H23N5O. The molecule has 98 valence electrons. The van der Waals surface area contributed by atoms with Gasteiger partial charge in [-0.1, -0.05) is 0 Å². The van der Waals surface area contributed by atoms with E-state index in [2.05, 4.69) is 27.0 Å². The molecule has 0 aliphatic heterocycles. The standard InChI is InChI=1S/C11H23N5O/c1-4-13-11-15-14-10(16(11)5-2)7-9(8-12)17-6-3/h9H,4-8,12H2,1-3H3,(H,13,15). The fraction of sp³-hybridized carbons (Fsp3) is 0.818. The first kappa shape index (κ1) is 13.9. The van der Waals surface area contributed by atoms with Gasteiger partial charge in [0.1, 0.15) is 5.82 Å². The molecule has 0 fully saturated rings. The number of nitrogens with two attached hydrogens (primary N) is 1. The second-order valence-electron chi connectivity index (χ2n) is 3.73. The van der Waals surface area contributed by atoms with Gasteiger partial charge < -0.3 is 15.8 Å². The van der Waals surface area contributed by atoms with Crippen molar-refractivity contribution < 1.29 is 4.74 Å². The molecule has 1 rings (SSSR count). The van der Waals surface area contributed by atoms with Crippen molar-refractivity contribution >= 4 is 5.95 Å². The van der Waals surface area contributed by atoms with Crippen LogP contribution in [0.1, 0.15) is 26.6 Å². The highest BCUT2D eigenvalue weighted by Crippen LogP contribution is 2.10. The molecule has 1 heterocycles. The van der Waals surface area contributed by atoms with Crippen LogP contribution in [0.25, 0.3) is 0 Å². The van der Waals surface area contributed by atoms with Crippen molar-refractivity contribution in [2.24, 2.45) is 5.73 Å². The van der Waals surface area contributed by atoms with E-state index < -0.39 is 0 Å². The molecule has 0 bridgehead atoms. The molecular weight excluding hydrogens is 218 g/mol. The van der Waals surface area contributed by atoms with Gasteiger partial charge in [-0.15, -0.1) is 10.2 Å². The minimum Gasteiger partial charge on any atom is -0.377 e. The summed E-state index contributed by atoms with van der Waals surface area (Å²) in [5.41, 5.74) is 5.67. The number of nitrogens with one attached hydrogen (secondary N) is 1. The van der Waals surface area contributed by atoms with E-state index >= 15 is 0 Å². The Morgan fingerprint density at radius 3 is 2.65 bits per heavy atom. The summed E-state index contributed by atoms with van der Waals surface area (Å²) in [6, 6.07) is 0. The van der Waals surface area contributed by atoms with Gasteiger partial charge >= 0.3 is 0 Å². The van der Waals surface area contributed by atoms with Gasteiger partial charge in [-0.2, -0.15) is 0 Å². The molecule has 0 amide bonds. The smallest absolute Gasteiger partial charge is 0.224 e. The molecule has 0 aromatic carbocycles. The number of ether oxygens (including phenoxy) is 1. The number of anilines is 1. The summed E-state index contributed by atoms with van der Waals surface area (Å²) in [5, 5.41) is 11.5. The first-order valence-electron chi connectivity index (χ1n) is 6.24. The van der Waals surface area contributed by atoms with Crippen LogP contribution >= 0.6 is 0 Å². The van der Waals surface area contributed by atoms with Crippen LogP contribution in [0, 0.1) is 0 Å². The zero-order valence-electron chi connectivity index (χ0n) is 10.9. The van der Waals surface area contributed by atoms with Gasteiger partial charge in [-0.3, -0.25) is 4.57 Å². The maximum Gasteiger partial charge on any atom is 0.224 e. The molecule has 3 N–H and O–H groups in total. The molecule has 17 heavy (non-hydrogen) atoms. The zero-order valence-corrected chi connectivity index (χ0v) is 10.9. The van der Waals surface area contributed by atoms with E-state index in [0.717, 1.165) is 24.9 Å². The molecule has 0 aliphatic carbocycles. The average molecular weight is 241 g/mol. The summed E-state index contributed by atoms with van der Waals surface area (Å²) in [6.45, 7) is 8.93. The van der Waals surface area contributed by atoms with E-state index in [4.69, 9.17) is 10.5 Å². The average Bonchev–Trinajstić information content (AvgIpc) is 2.71. The zero-order chi connectivity index (χ0) is 12.7. The van der Waals surface area contributed by atoms with Crippen molar-refractivity contribution in [3.63, 3.8) is 0 Å². The third-order valence-electron chi connectivity index (χ3n) is 2.55. The van der Waals surface area contributed by atoms with E-state index in [-0.39, 0.29) is 6.10 Å². The summed E-state index contributed by atoms with van der Waals surface area (Å²) in [7, 11) is 0. The molecule has 6 heteroatoms. The minimum atomic E-state index is 0.0176. The van der Waals surface area contributed by atoms with E-state index in [0.29, 0.717) is 19.6 Å². The van der Waals surface area contributed by atoms with Crippen molar-refractivity contribution in [2.45, 2.75) is 39.8 Å². The van der Waals surface area contributed by atoms with Crippen molar-refractivity contribution in [3.05, 3.63) is 5.82 Å². The molecule has 0 saturated heterocycles. The monoisotopic (exact) mass is 241 g/mol. The summed E-state index contributed by atoms with van der Waals surface area (Å²) in [4.78, 5) is 0. The number of hydrogen-bond donors (Lipinski definition) is 2. The maximum atomic E-state index is 5.67. The Morgan fingerprint density at radius 1 is 1.35 bits per heavy atom. The second kappa shape index (κ2) is 7.24. The minimum absolute atomic E-state index is 0.0176. The number of aromatic nitrogens is 3. The van der Waals surface area contributed by atoms with E-state index in [1.807, 2.05) is 13.8 Å². The Labute approximate surface area is 103 Å². The van der Waals surface area contributed by atoms with Crippen molar-refractivity contribution in [2.75, 3.05) is 25.0 Å². The summed E-state index contributed by atoms with van der Waals surface area (Å²) >= 11 is 0. The van der Waals surface area contributed by atoms with Crippen molar-refractivity contribution in [1.29, 1.82) is 0 Å². The molecule has 6 nitrogen and oxygen atoms in total. The Hall–Kier alpha value is -1.14. The Morgan fingerprint density at radius 2 is 2.12 bits per heavy atom. The highest BCUT2D eigenvalue weighted by atomic mass is 16.5.